The van der Waals surface area contributed by atoms with Crippen molar-refractivity contribution in [1.29, 1.82) is 0 Å². The van der Waals surface area contributed by atoms with Gasteiger partial charge >= 0.3 is 0 Å². The van der Waals surface area contributed by atoms with Gasteiger partial charge in [0.05, 0.1) is 27.8 Å². The lowest BCUT2D eigenvalue weighted by Gasteiger charge is -2.13. The van der Waals surface area contributed by atoms with Crippen LogP contribution >= 0.6 is 11.3 Å². The van der Waals surface area contributed by atoms with E-state index in [-0.39, 0.29) is 0 Å². The maximum Gasteiger partial charge on any atom is 0.182 e. The Hall–Kier alpha value is -7.28. The fraction of sp³-hybridized carbons (Fsp3) is 0. The molecular formula is C50H31N5S. The summed E-state index contributed by atoms with van der Waals surface area (Å²) in [6, 6.07) is 67.0. The molecule has 0 fully saturated rings. The predicted molar refractivity (Wildman–Crippen MR) is 234 cm³/mol. The smallest absolute Gasteiger partial charge is 0.182 e. The van der Waals surface area contributed by atoms with Gasteiger partial charge in [-0.15, -0.1) is 16.4 Å². The van der Waals surface area contributed by atoms with Crippen LogP contribution in [0.1, 0.15) is 0 Å². The van der Waals surface area contributed by atoms with E-state index in [1.807, 2.05) is 52.4 Å². The van der Waals surface area contributed by atoms with Gasteiger partial charge in [0.15, 0.2) is 11.6 Å². The van der Waals surface area contributed by atoms with Gasteiger partial charge in [-0.3, -0.25) is 0 Å². The van der Waals surface area contributed by atoms with Crippen molar-refractivity contribution in [2.24, 2.45) is 0 Å². The largest absolute Gasteiger partial charge is 0.309 e. The van der Waals surface area contributed by atoms with Crippen molar-refractivity contribution in [2.45, 2.75) is 0 Å². The minimum absolute atomic E-state index is 0.692. The van der Waals surface area contributed by atoms with Crippen LogP contribution < -0.4 is 0 Å². The van der Waals surface area contributed by atoms with Crippen LogP contribution in [0.25, 0.3) is 104 Å². The third-order valence-electron chi connectivity index (χ3n) is 11.1. The number of fused-ring (bicyclic) bond motifs is 10. The molecular weight excluding hydrogens is 703 g/mol. The Bertz CT molecular complexity index is 3480. The average Bonchev–Trinajstić information content (AvgIpc) is 4.04. The number of hydrogen-bond donors (Lipinski definition) is 0. The molecule has 12 aromatic rings. The van der Waals surface area contributed by atoms with E-state index in [4.69, 9.17) is 10.1 Å². The van der Waals surface area contributed by atoms with Crippen LogP contribution in [0.4, 0.5) is 0 Å². The molecule has 0 saturated heterocycles. The molecule has 56 heavy (non-hydrogen) atoms. The lowest BCUT2D eigenvalue weighted by Crippen LogP contribution is -2.00. The summed E-state index contributed by atoms with van der Waals surface area (Å²) < 4.78 is 9.47. The second-order valence-electron chi connectivity index (χ2n) is 14.2. The zero-order valence-electron chi connectivity index (χ0n) is 30.0. The molecule has 0 unspecified atom stereocenters. The van der Waals surface area contributed by atoms with E-state index < -0.39 is 0 Å². The maximum absolute atomic E-state index is 5.25. The molecule has 0 amide bonds. The van der Waals surface area contributed by atoms with Crippen LogP contribution in [0.15, 0.2) is 188 Å². The highest BCUT2D eigenvalue weighted by molar-refractivity contribution is 7.26. The van der Waals surface area contributed by atoms with E-state index in [1.165, 1.54) is 42.0 Å². The fourth-order valence-corrected chi connectivity index (χ4v) is 9.97. The summed E-state index contributed by atoms with van der Waals surface area (Å²) in [5, 5.41) is 12.6. The van der Waals surface area contributed by atoms with Crippen molar-refractivity contribution >= 4 is 75.1 Å². The first-order valence-electron chi connectivity index (χ1n) is 18.8. The molecule has 0 bridgehead atoms. The molecule has 262 valence electrons. The second kappa shape index (κ2) is 12.1. The number of rotatable bonds is 5. The standard InChI is InChI=1S/C50H31N5S/c1-3-15-32(16-4-1)49-51-50(55(52-49)33-17-5-2-6-18-33)40-24-14-27-43-46(40)38-22-7-10-25-41(38)53(43)34-19-13-20-35(31-34)54-42-26-11-8-23-39(42)47-44(54)30-29-37-36-21-9-12-28-45(36)56-48(37)47/h1-31H. The third-order valence-corrected chi connectivity index (χ3v) is 12.3. The summed E-state index contributed by atoms with van der Waals surface area (Å²) >= 11 is 1.89. The van der Waals surface area contributed by atoms with Crippen LogP contribution in [0, 0.1) is 0 Å². The normalized spacial score (nSPS) is 11.9. The first-order chi connectivity index (χ1) is 27.8. The molecule has 0 aliphatic carbocycles. The summed E-state index contributed by atoms with van der Waals surface area (Å²) in [6.45, 7) is 0. The molecule has 0 aliphatic heterocycles. The topological polar surface area (TPSA) is 40.6 Å². The summed E-state index contributed by atoms with van der Waals surface area (Å²) in [5.74, 6) is 1.49. The van der Waals surface area contributed by atoms with Gasteiger partial charge in [-0.2, -0.15) is 0 Å². The highest BCUT2D eigenvalue weighted by Gasteiger charge is 2.23. The molecule has 0 atom stereocenters. The number of aromatic nitrogens is 5. The second-order valence-corrected chi connectivity index (χ2v) is 15.3. The third kappa shape index (κ3) is 4.54. The van der Waals surface area contributed by atoms with E-state index in [9.17, 15) is 0 Å². The van der Waals surface area contributed by atoms with Gasteiger partial charge in [-0.05, 0) is 60.7 Å². The Morgan fingerprint density at radius 2 is 0.982 bits per heavy atom. The summed E-state index contributed by atoms with van der Waals surface area (Å²) in [4.78, 5) is 5.25. The molecule has 0 aliphatic rings. The molecule has 6 heteroatoms. The Morgan fingerprint density at radius 3 is 1.73 bits per heavy atom. The van der Waals surface area contributed by atoms with E-state index in [1.54, 1.807) is 0 Å². The number of benzene rings is 8. The zero-order valence-corrected chi connectivity index (χ0v) is 30.9. The first-order valence-corrected chi connectivity index (χ1v) is 19.7. The fourth-order valence-electron chi connectivity index (χ4n) is 8.71. The highest BCUT2D eigenvalue weighted by atomic mass is 32.1. The molecule has 0 radical (unpaired) electrons. The van der Waals surface area contributed by atoms with Crippen LogP contribution in [-0.4, -0.2) is 23.9 Å². The van der Waals surface area contributed by atoms with Gasteiger partial charge in [0.25, 0.3) is 0 Å². The van der Waals surface area contributed by atoms with Gasteiger partial charge in [-0.1, -0.05) is 127 Å². The average molecular weight is 734 g/mol. The van der Waals surface area contributed by atoms with Crippen molar-refractivity contribution in [1.82, 2.24) is 23.9 Å². The molecule has 0 saturated carbocycles. The quantitative estimate of drug-likeness (QED) is 0.177. The van der Waals surface area contributed by atoms with E-state index >= 15 is 0 Å². The van der Waals surface area contributed by atoms with E-state index in [0.29, 0.717) is 5.82 Å². The highest BCUT2D eigenvalue weighted by Crippen LogP contribution is 2.44. The monoisotopic (exact) mass is 733 g/mol. The lowest BCUT2D eigenvalue weighted by atomic mass is 10.1. The first kappa shape index (κ1) is 31.1. The molecule has 4 aromatic heterocycles. The Kier molecular flexibility index (Phi) is 6.73. The minimum Gasteiger partial charge on any atom is -0.309 e. The molecule has 4 heterocycles. The Balaban J connectivity index is 1.09. The zero-order chi connectivity index (χ0) is 36.7. The van der Waals surface area contributed by atoms with Gasteiger partial charge in [-0.25, -0.2) is 9.67 Å². The van der Waals surface area contributed by atoms with Crippen molar-refractivity contribution in [3.63, 3.8) is 0 Å². The summed E-state index contributed by atoms with van der Waals surface area (Å²) in [5.41, 5.74) is 9.83. The van der Waals surface area contributed by atoms with Crippen molar-refractivity contribution in [3.8, 4) is 39.8 Å². The lowest BCUT2D eigenvalue weighted by molar-refractivity contribution is 0.891. The molecule has 8 aromatic carbocycles. The number of para-hydroxylation sites is 3. The van der Waals surface area contributed by atoms with Crippen LogP contribution in [0.5, 0.6) is 0 Å². The minimum atomic E-state index is 0.692. The molecule has 0 N–H and O–H groups in total. The number of thiophene rings is 1. The van der Waals surface area contributed by atoms with E-state index in [0.717, 1.165) is 55.8 Å². The maximum atomic E-state index is 5.25. The Morgan fingerprint density at radius 1 is 0.411 bits per heavy atom. The van der Waals surface area contributed by atoms with Gasteiger partial charge in [0, 0.05) is 64.2 Å². The summed E-state index contributed by atoms with van der Waals surface area (Å²) in [6.07, 6.45) is 0. The SMILES string of the molecule is c1ccc(-c2nc(-c3cccc4c3c3ccccc3n4-c3cccc(-n4c5ccccc5c5c6sc7ccccc7c6ccc54)c3)n(-c3ccccc3)n2)cc1. The van der Waals surface area contributed by atoms with Gasteiger partial charge < -0.3 is 9.13 Å². The van der Waals surface area contributed by atoms with Crippen molar-refractivity contribution < 1.29 is 0 Å². The van der Waals surface area contributed by atoms with Crippen LogP contribution in [0.3, 0.4) is 0 Å². The predicted octanol–water partition coefficient (Wildman–Crippen LogP) is 13.2. The van der Waals surface area contributed by atoms with Crippen molar-refractivity contribution in [2.75, 3.05) is 0 Å². The van der Waals surface area contributed by atoms with Crippen LogP contribution in [0.2, 0.25) is 0 Å². The number of hydrogen-bond acceptors (Lipinski definition) is 3. The van der Waals surface area contributed by atoms with Gasteiger partial charge in [0.2, 0.25) is 0 Å². The van der Waals surface area contributed by atoms with Crippen molar-refractivity contribution in [3.05, 3.63) is 188 Å². The molecule has 12 rings (SSSR count). The van der Waals surface area contributed by atoms with Crippen LogP contribution in [-0.2, 0) is 0 Å². The summed E-state index contributed by atoms with van der Waals surface area (Å²) in [7, 11) is 0. The number of nitrogens with zero attached hydrogens (tertiary/aromatic N) is 5. The molecule has 0 spiro atoms. The molecule has 5 nitrogen and oxygen atoms in total. The Labute approximate surface area is 325 Å². The van der Waals surface area contributed by atoms with E-state index in [2.05, 4.69) is 161 Å². The van der Waals surface area contributed by atoms with Gasteiger partial charge in [0.1, 0.15) is 0 Å².